The average molecular weight is 324 g/mol. The van der Waals surface area contributed by atoms with Crippen LogP contribution in [0.1, 0.15) is 6.42 Å². The van der Waals surface area contributed by atoms with Crippen molar-refractivity contribution in [2.45, 2.75) is 12.5 Å². The van der Waals surface area contributed by atoms with Crippen LogP contribution in [-0.2, 0) is 0 Å². The summed E-state index contributed by atoms with van der Waals surface area (Å²) in [6, 6.07) is 2.93. The molecule has 1 unspecified atom stereocenters. The van der Waals surface area contributed by atoms with E-state index in [0.717, 1.165) is 38.7 Å². The van der Waals surface area contributed by atoms with E-state index in [1.165, 1.54) is 13.2 Å². The van der Waals surface area contributed by atoms with Gasteiger partial charge in [0.1, 0.15) is 5.69 Å². The van der Waals surface area contributed by atoms with Gasteiger partial charge in [-0.2, -0.15) is 0 Å². The lowest BCUT2D eigenvalue weighted by molar-refractivity contribution is -0.384. The maximum absolute atomic E-state index is 13.8. The number of hydrogen-bond donors (Lipinski definition) is 1. The number of anilines is 1. The first-order valence-corrected chi connectivity index (χ1v) is 7.82. The molecular weight excluding hydrogens is 303 g/mol. The highest BCUT2D eigenvalue weighted by molar-refractivity contribution is 5.66. The van der Waals surface area contributed by atoms with Gasteiger partial charge in [-0.05, 0) is 13.0 Å². The molecule has 1 aromatic carbocycles. The van der Waals surface area contributed by atoms with Crippen LogP contribution in [0.15, 0.2) is 12.1 Å². The van der Waals surface area contributed by atoms with Crippen molar-refractivity contribution in [2.75, 3.05) is 51.3 Å². The SMILES string of the molecule is COc1cc(N2CCN(C3CCNC3)CC2)c([N+](=O)[O-])cc1F. The first-order valence-electron chi connectivity index (χ1n) is 7.82. The molecule has 0 bridgehead atoms. The van der Waals surface area contributed by atoms with Gasteiger partial charge in [0.15, 0.2) is 11.6 Å². The number of hydrogen-bond acceptors (Lipinski definition) is 6. The Kier molecular flexibility index (Phi) is 4.63. The number of nitrogens with zero attached hydrogens (tertiary/aromatic N) is 3. The van der Waals surface area contributed by atoms with E-state index in [9.17, 15) is 14.5 Å². The van der Waals surface area contributed by atoms with Crippen LogP contribution in [0.3, 0.4) is 0 Å². The summed E-state index contributed by atoms with van der Waals surface area (Å²) in [6.07, 6.45) is 1.14. The second-order valence-corrected chi connectivity index (χ2v) is 5.90. The Hall–Kier alpha value is -1.93. The van der Waals surface area contributed by atoms with Gasteiger partial charge in [-0.3, -0.25) is 15.0 Å². The lowest BCUT2D eigenvalue weighted by Crippen LogP contribution is -2.51. The summed E-state index contributed by atoms with van der Waals surface area (Å²) in [5.41, 5.74) is 0.219. The number of nitrogens with one attached hydrogen (secondary N) is 1. The van der Waals surface area contributed by atoms with Gasteiger partial charge < -0.3 is 15.0 Å². The van der Waals surface area contributed by atoms with E-state index in [1.807, 2.05) is 4.90 Å². The molecule has 8 heteroatoms. The number of ether oxygens (including phenoxy) is 1. The van der Waals surface area contributed by atoms with Crippen molar-refractivity contribution in [3.05, 3.63) is 28.1 Å². The molecule has 126 valence electrons. The molecule has 7 nitrogen and oxygen atoms in total. The van der Waals surface area contributed by atoms with Crippen molar-refractivity contribution in [2.24, 2.45) is 0 Å². The zero-order valence-electron chi connectivity index (χ0n) is 13.1. The van der Waals surface area contributed by atoms with E-state index in [4.69, 9.17) is 4.74 Å². The summed E-state index contributed by atoms with van der Waals surface area (Å²) >= 11 is 0. The third-order valence-corrected chi connectivity index (χ3v) is 4.65. The van der Waals surface area contributed by atoms with Gasteiger partial charge in [-0.15, -0.1) is 0 Å². The van der Waals surface area contributed by atoms with Crippen molar-refractivity contribution < 1.29 is 14.1 Å². The molecule has 1 N–H and O–H groups in total. The molecule has 0 aromatic heterocycles. The standard InChI is InChI=1S/C15H21FN4O3/c1-23-15-9-13(14(20(21)22)8-12(15)16)19-6-4-18(5-7-19)11-2-3-17-10-11/h8-9,11,17H,2-7,10H2,1H3. The molecule has 1 atom stereocenters. The Balaban J connectivity index is 1.77. The van der Waals surface area contributed by atoms with E-state index >= 15 is 0 Å². The summed E-state index contributed by atoms with van der Waals surface area (Å²) in [6.45, 7) is 5.13. The number of piperazine rings is 1. The molecule has 2 aliphatic rings. The third-order valence-electron chi connectivity index (χ3n) is 4.65. The average Bonchev–Trinajstić information content (AvgIpc) is 3.09. The van der Waals surface area contributed by atoms with Gasteiger partial charge in [0.2, 0.25) is 0 Å². The number of methoxy groups -OCH3 is 1. The fraction of sp³-hybridized carbons (Fsp3) is 0.600. The Labute approximate surface area is 134 Å². The lowest BCUT2D eigenvalue weighted by atomic mass is 10.1. The second-order valence-electron chi connectivity index (χ2n) is 5.90. The number of rotatable bonds is 4. The molecule has 0 radical (unpaired) electrons. The molecule has 2 fully saturated rings. The Morgan fingerprint density at radius 3 is 2.65 bits per heavy atom. The van der Waals surface area contributed by atoms with Gasteiger partial charge in [0.25, 0.3) is 5.69 Å². The first kappa shape index (κ1) is 15.9. The largest absolute Gasteiger partial charge is 0.494 e. The van der Waals surface area contributed by atoms with Gasteiger partial charge in [-0.1, -0.05) is 0 Å². The molecule has 0 spiro atoms. The minimum Gasteiger partial charge on any atom is -0.494 e. The van der Waals surface area contributed by atoms with Crippen LogP contribution in [0.2, 0.25) is 0 Å². The summed E-state index contributed by atoms with van der Waals surface area (Å²) in [5, 5.41) is 14.6. The summed E-state index contributed by atoms with van der Waals surface area (Å²) in [7, 11) is 1.36. The lowest BCUT2D eigenvalue weighted by Gasteiger charge is -2.38. The highest BCUT2D eigenvalue weighted by Gasteiger charge is 2.29. The van der Waals surface area contributed by atoms with Crippen LogP contribution in [0.25, 0.3) is 0 Å². The molecule has 0 amide bonds. The van der Waals surface area contributed by atoms with Crippen molar-refractivity contribution >= 4 is 11.4 Å². The van der Waals surface area contributed by atoms with Crippen molar-refractivity contribution in [1.82, 2.24) is 10.2 Å². The minimum absolute atomic E-state index is 0.0352. The summed E-state index contributed by atoms with van der Waals surface area (Å²) in [5.74, 6) is -0.674. The van der Waals surface area contributed by atoms with Gasteiger partial charge in [0.05, 0.1) is 18.1 Å². The maximum atomic E-state index is 13.8. The van der Waals surface area contributed by atoms with E-state index < -0.39 is 10.7 Å². The molecule has 2 aliphatic heterocycles. The maximum Gasteiger partial charge on any atom is 0.295 e. The van der Waals surface area contributed by atoms with Crippen LogP contribution in [0.5, 0.6) is 5.75 Å². The highest BCUT2D eigenvalue weighted by Crippen LogP contribution is 2.35. The second kappa shape index (κ2) is 6.67. The fourth-order valence-corrected chi connectivity index (χ4v) is 3.37. The van der Waals surface area contributed by atoms with Crippen LogP contribution in [-0.4, -0.2) is 62.2 Å². The van der Waals surface area contributed by atoms with Crippen LogP contribution in [0, 0.1) is 15.9 Å². The van der Waals surface area contributed by atoms with Crippen LogP contribution >= 0.6 is 0 Å². The molecular formula is C15H21FN4O3. The zero-order valence-corrected chi connectivity index (χ0v) is 13.1. The fourth-order valence-electron chi connectivity index (χ4n) is 3.37. The highest BCUT2D eigenvalue weighted by atomic mass is 19.1. The molecule has 2 saturated heterocycles. The smallest absolute Gasteiger partial charge is 0.295 e. The molecule has 23 heavy (non-hydrogen) atoms. The monoisotopic (exact) mass is 324 g/mol. The third kappa shape index (κ3) is 3.23. The van der Waals surface area contributed by atoms with Crippen LogP contribution in [0.4, 0.5) is 15.8 Å². The van der Waals surface area contributed by atoms with Crippen LogP contribution < -0.4 is 15.0 Å². The topological polar surface area (TPSA) is 70.9 Å². The van der Waals surface area contributed by atoms with Crippen molar-refractivity contribution in [3.63, 3.8) is 0 Å². The Morgan fingerprint density at radius 2 is 2.09 bits per heavy atom. The number of nitro groups is 1. The summed E-state index contributed by atoms with van der Waals surface area (Å²) in [4.78, 5) is 15.1. The van der Waals surface area contributed by atoms with Gasteiger partial charge in [-0.25, -0.2) is 4.39 Å². The van der Waals surface area contributed by atoms with Gasteiger partial charge in [0, 0.05) is 44.8 Å². The molecule has 0 aliphatic carbocycles. The molecule has 3 rings (SSSR count). The van der Waals surface area contributed by atoms with E-state index in [2.05, 4.69) is 10.2 Å². The van der Waals surface area contributed by atoms with E-state index in [0.29, 0.717) is 24.8 Å². The van der Waals surface area contributed by atoms with Gasteiger partial charge >= 0.3 is 0 Å². The zero-order chi connectivity index (χ0) is 16.4. The Morgan fingerprint density at radius 1 is 1.35 bits per heavy atom. The first-order chi connectivity index (χ1) is 11.1. The van der Waals surface area contributed by atoms with Crippen molar-refractivity contribution in [1.29, 1.82) is 0 Å². The number of benzene rings is 1. The molecule has 1 aromatic rings. The predicted molar refractivity (Wildman–Crippen MR) is 84.7 cm³/mol. The van der Waals surface area contributed by atoms with Crippen molar-refractivity contribution in [3.8, 4) is 5.75 Å². The molecule has 2 heterocycles. The normalized spacial score (nSPS) is 22.3. The Bertz CT molecular complexity index is 584. The predicted octanol–water partition coefficient (Wildman–Crippen LogP) is 1.23. The number of nitro benzene ring substituents is 1. The van der Waals surface area contributed by atoms with E-state index in [1.54, 1.807) is 0 Å². The number of halogens is 1. The summed E-state index contributed by atoms with van der Waals surface area (Å²) < 4.78 is 18.7. The quantitative estimate of drug-likeness (QED) is 0.663. The van der Waals surface area contributed by atoms with E-state index in [-0.39, 0.29) is 11.4 Å². The molecule has 0 saturated carbocycles. The minimum atomic E-state index is -0.710.